The zero-order chi connectivity index (χ0) is 81.9. The summed E-state index contributed by atoms with van der Waals surface area (Å²) in [4.78, 5) is 105. The van der Waals surface area contributed by atoms with Crippen LogP contribution in [0.25, 0.3) is 11.1 Å². The Balaban J connectivity index is 0.000000227. The number of aromatic amines is 1. The monoisotopic (exact) mass is 1740 g/mol. The minimum absolute atomic E-state index is 0.0344. The first-order chi connectivity index (χ1) is 52.3. The summed E-state index contributed by atoms with van der Waals surface area (Å²) >= 11 is 7.84. The van der Waals surface area contributed by atoms with Crippen molar-refractivity contribution in [2.45, 2.75) is 281 Å². The van der Waals surface area contributed by atoms with Crippen molar-refractivity contribution in [2.24, 2.45) is 11.7 Å². The van der Waals surface area contributed by atoms with Crippen LogP contribution in [-0.4, -0.2) is 117 Å². The first-order valence-corrected chi connectivity index (χ1v) is 40.9. The summed E-state index contributed by atoms with van der Waals surface area (Å²) in [7, 11) is 0. The lowest BCUT2D eigenvalue weighted by Gasteiger charge is -2.21. The number of nitrogens with zero attached hydrogens (tertiary/aromatic N) is 8. The molecule has 5 fully saturated rings. The number of hydrogen-bond acceptors (Lipinski definition) is 14. The Morgan fingerprint density at radius 1 is 0.622 bits per heavy atom. The predicted molar refractivity (Wildman–Crippen MR) is 423 cm³/mol. The van der Waals surface area contributed by atoms with E-state index in [9.17, 15) is 59.9 Å². The van der Waals surface area contributed by atoms with Gasteiger partial charge in [-0.05, 0) is 181 Å². The Morgan fingerprint density at radius 3 is 1.46 bits per heavy atom. The van der Waals surface area contributed by atoms with Crippen LogP contribution in [0.15, 0.2) is 79.5 Å². The van der Waals surface area contributed by atoms with Crippen molar-refractivity contribution in [3.05, 3.63) is 160 Å². The molecule has 5 aromatic heterocycles. The highest BCUT2D eigenvalue weighted by Gasteiger charge is 2.41. The number of aliphatic carboxylic acids is 1. The molecule has 0 spiro atoms. The molecule has 1 amide bonds. The molecule has 0 aliphatic heterocycles. The highest BCUT2D eigenvalue weighted by Crippen LogP contribution is 2.39. The number of carboxylic acid groups (broad SMARTS) is 1. The van der Waals surface area contributed by atoms with Gasteiger partial charge in [0.1, 0.15) is 80.4 Å². The van der Waals surface area contributed by atoms with Crippen molar-refractivity contribution in [1.82, 2.24) is 43.6 Å². The number of amides is 1. The van der Waals surface area contributed by atoms with Gasteiger partial charge >= 0.3 is 24.1 Å². The molecular weight excluding hydrogens is 1640 g/mol. The van der Waals surface area contributed by atoms with Crippen molar-refractivity contribution in [2.75, 3.05) is 5.33 Å². The normalized spacial score (nSPS) is 15.7. The minimum atomic E-state index is -4.75. The maximum absolute atomic E-state index is 14.2. The number of halogens is 9. The number of nitrogens with one attached hydrogen (secondary N) is 1. The number of aromatic nitrogens is 9. The van der Waals surface area contributed by atoms with Crippen LogP contribution in [0.2, 0.25) is 0 Å². The average molecular weight is 1750 g/mol. The Hall–Kier alpha value is -7.66. The number of carboxylic acids is 1. The predicted octanol–water partition coefficient (Wildman–Crippen LogP) is 19.2. The van der Waals surface area contributed by atoms with E-state index in [0.717, 1.165) is 110 Å². The van der Waals surface area contributed by atoms with Crippen molar-refractivity contribution in [3.63, 3.8) is 0 Å². The molecular formula is C82H107Br3F6N10O10. The molecule has 1 atom stereocenters. The number of carbonyl (C=O) groups is 7. The van der Waals surface area contributed by atoms with Gasteiger partial charge in [0.05, 0.1) is 34.9 Å². The van der Waals surface area contributed by atoms with Gasteiger partial charge in [0.15, 0.2) is 5.78 Å². The third-order valence-corrected chi connectivity index (χ3v) is 20.3. The molecule has 4 N–H and O–H groups in total. The number of carbonyl (C=O) groups excluding carboxylic acids is 6. The number of primary amides is 1. The largest absolute Gasteiger partial charge is 0.480 e. The van der Waals surface area contributed by atoms with E-state index in [4.69, 9.17) is 25.3 Å². The molecule has 12 rings (SSSR count). The molecule has 5 heterocycles. The number of hydrogen-bond donors (Lipinski definition) is 3. The Kier molecular flexibility index (Phi) is 36.7. The molecule has 0 bridgehead atoms. The molecule has 608 valence electrons. The summed E-state index contributed by atoms with van der Waals surface area (Å²) in [6.07, 6.45) is 30.0. The van der Waals surface area contributed by atoms with E-state index >= 15 is 0 Å². The van der Waals surface area contributed by atoms with E-state index < -0.39 is 56.5 Å². The third-order valence-electron chi connectivity index (χ3n) is 19.0. The van der Waals surface area contributed by atoms with Gasteiger partial charge in [-0.15, -0.1) is 0 Å². The lowest BCUT2D eigenvalue weighted by Crippen LogP contribution is -2.27. The zero-order valence-corrected chi connectivity index (χ0v) is 69.9. The van der Waals surface area contributed by atoms with E-state index in [1.54, 1.807) is 22.9 Å². The number of ether oxygens (including phenoxy) is 2. The van der Waals surface area contributed by atoms with Crippen LogP contribution in [0.5, 0.6) is 0 Å². The third kappa shape index (κ3) is 31.7. The van der Waals surface area contributed by atoms with Crippen LogP contribution in [0, 0.1) is 51.1 Å². The molecule has 20 nitrogen and oxygen atoms in total. The van der Waals surface area contributed by atoms with Gasteiger partial charge in [-0.3, -0.25) is 33.8 Å². The highest BCUT2D eigenvalue weighted by molar-refractivity contribution is 9.25. The standard InChI is InChI=1S/C32H31F3N4O2.C15H24N2O2.C11H16N2O2.C9H14N2.C6H11BrO2.C6H10O.C3HBr2F3O/c1-19-17-39(32(38-19)21-5-2-3-6-21)18-26(40)14-23(11-20-12-24(33)16-25(34)13-20)30-27(7-4-10-37-30)22-8-9-29(35)28(15-22)31(36)41;1-11-9-17(10-13(18)19-15(2,3)4)14(16-11)12-7-5-6-8-12;1-8-6-13(7-10(14)15)11(12-8)9-4-2-3-5-9;1-7-6-10-9(11-7)8-4-2-3-5-8;1-6(2,3)9-5(8)4-7;7-5-6-3-1-2-4-6;4-2(5)1(9)3(6,7)8/h4,7-10,12-13,15-17,21,23H,2-3,5-6,11,14,18H2,1H3,(H2,36,41);9,12H,5-8,10H2,1-4H3;6,9H,2-5,7H2,1H3,(H,14,15);6,8H,2-5H2,1H3,(H,10,11);4H2,1-3H3;5-6H,1-4H2;2H/t23-;;;;;;/m1....../s1. The number of imidazole rings is 4. The van der Waals surface area contributed by atoms with Crippen molar-refractivity contribution in [1.29, 1.82) is 0 Å². The van der Waals surface area contributed by atoms with Gasteiger partial charge in [-0.1, -0.05) is 124 Å². The fourth-order valence-electron chi connectivity index (χ4n) is 14.4. The van der Waals surface area contributed by atoms with Crippen molar-refractivity contribution < 1.29 is 74.5 Å². The molecule has 5 aliphatic rings. The van der Waals surface area contributed by atoms with Crippen molar-refractivity contribution >= 4 is 89.5 Å². The summed E-state index contributed by atoms with van der Waals surface area (Å²) < 4.78 is 91.0. The number of nitrogens with two attached hydrogens (primary N) is 1. The molecule has 5 saturated carbocycles. The van der Waals surface area contributed by atoms with Crippen LogP contribution >= 0.6 is 47.8 Å². The second-order valence-corrected chi connectivity index (χ2v) is 34.6. The zero-order valence-electron chi connectivity index (χ0n) is 65.2. The Labute approximate surface area is 672 Å². The van der Waals surface area contributed by atoms with Gasteiger partial charge < -0.3 is 43.8 Å². The highest BCUT2D eigenvalue weighted by atomic mass is 79.9. The number of alkyl halides is 6. The summed E-state index contributed by atoms with van der Waals surface area (Å²) in [6.45, 7) is 19.5. The summed E-state index contributed by atoms with van der Waals surface area (Å²) in [5, 5.41) is 9.06. The van der Waals surface area contributed by atoms with E-state index in [2.05, 4.69) is 79.6 Å². The van der Waals surface area contributed by atoms with Crippen LogP contribution in [-0.2, 0) is 64.3 Å². The average Bonchev–Trinajstić information content (AvgIpc) is 1.60. The van der Waals surface area contributed by atoms with Gasteiger partial charge in [-0.25, -0.2) is 33.1 Å². The molecule has 5 aliphatic carbocycles. The van der Waals surface area contributed by atoms with Gasteiger partial charge in [0.2, 0.25) is 0 Å². The number of aryl methyl sites for hydroxylation is 4. The van der Waals surface area contributed by atoms with E-state index in [0.29, 0.717) is 46.1 Å². The van der Waals surface area contributed by atoms with Gasteiger partial charge in [-0.2, -0.15) is 13.2 Å². The summed E-state index contributed by atoms with van der Waals surface area (Å²) in [6, 6.07) is 10.7. The molecule has 111 heavy (non-hydrogen) atoms. The molecule has 0 unspecified atom stereocenters. The lowest BCUT2D eigenvalue weighted by atomic mass is 9.86. The second kappa shape index (κ2) is 44.1. The number of aldehydes is 1. The van der Waals surface area contributed by atoms with Crippen LogP contribution in [0.4, 0.5) is 26.3 Å². The van der Waals surface area contributed by atoms with Crippen LogP contribution in [0.3, 0.4) is 0 Å². The second-order valence-electron chi connectivity index (χ2n) is 30.9. The molecule has 7 aromatic rings. The lowest BCUT2D eigenvalue weighted by molar-refractivity contribution is -0.168. The molecule has 2 aromatic carbocycles. The summed E-state index contributed by atoms with van der Waals surface area (Å²) in [5.74, 6) is -0.195. The first-order valence-electron chi connectivity index (χ1n) is 38.0. The van der Waals surface area contributed by atoms with Crippen LogP contribution < -0.4 is 5.73 Å². The maximum Gasteiger partial charge on any atom is 0.452 e. The fraction of sp³-hybridized carbons (Fsp3) is 0.561. The van der Waals surface area contributed by atoms with Gasteiger partial charge in [0.25, 0.3) is 11.7 Å². The molecule has 0 saturated heterocycles. The Morgan fingerprint density at radius 2 is 1.07 bits per heavy atom. The minimum Gasteiger partial charge on any atom is -0.480 e. The number of Topliss-reactive ketones (excluding diaryl/α,β-unsaturated/α-hetero) is 2. The van der Waals surface area contributed by atoms with E-state index in [1.807, 2.05) is 96.2 Å². The maximum atomic E-state index is 14.2. The Bertz CT molecular complexity index is 4150. The molecule has 29 heteroatoms. The molecule has 0 radical (unpaired) electrons. The number of esters is 2. The number of H-pyrrole nitrogens is 1. The number of ketones is 2. The number of pyridine rings is 1. The van der Waals surface area contributed by atoms with E-state index in [-0.39, 0.29) is 66.7 Å². The number of rotatable bonds is 20. The SMILES string of the molecule is CC(C)(C)OC(=O)CBr.Cc1cn(CC(=O)C[C@@H](Cc2cc(F)cc(F)c2)c2ncccc2-c2ccc(F)c(C(N)=O)c2)c(C2CCCC2)n1.Cc1cn(CC(=O)O)c(C2CCCC2)n1.Cc1cn(CC(=O)OC(C)(C)C)c(C2CCCC2)n1.Cc1cnc(C2CCCC2)[nH]1.O=C(C(Br)Br)C(F)(F)F.O=CC1CCCC1. The quantitative estimate of drug-likeness (QED) is 0.0277. The first kappa shape index (κ1) is 92.2. The van der Waals surface area contributed by atoms with Crippen LogP contribution in [0.1, 0.15) is 274 Å². The van der Waals surface area contributed by atoms with Gasteiger partial charge in [0, 0.05) is 90.2 Å². The number of benzene rings is 2. The topological polar surface area (TPSA) is 279 Å². The summed E-state index contributed by atoms with van der Waals surface area (Å²) in [5.41, 5.74) is 10.2. The fourth-order valence-corrected chi connectivity index (χ4v) is 15.0. The smallest absolute Gasteiger partial charge is 0.452 e. The van der Waals surface area contributed by atoms with Crippen molar-refractivity contribution in [3.8, 4) is 11.1 Å². The van der Waals surface area contributed by atoms with E-state index in [1.165, 1.54) is 113 Å².